The van der Waals surface area contributed by atoms with Gasteiger partial charge in [-0.3, -0.25) is 9.36 Å². The SMILES string of the molecule is CC(C)(C)n1ncn([C@@H]2CCN(CC(F)(F)F)C2=O)c1=O. The number of amides is 1. The Morgan fingerprint density at radius 3 is 2.38 bits per heavy atom. The maximum absolute atomic E-state index is 12.4. The molecule has 0 spiro atoms. The second-order valence-corrected chi connectivity index (χ2v) is 6.08. The van der Waals surface area contributed by atoms with Gasteiger partial charge < -0.3 is 4.90 Å². The van der Waals surface area contributed by atoms with E-state index >= 15 is 0 Å². The van der Waals surface area contributed by atoms with Gasteiger partial charge in [-0.2, -0.15) is 18.3 Å². The van der Waals surface area contributed by atoms with Crippen molar-refractivity contribution in [3.8, 4) is 0 Å². The normalized spacial score (nSPS) is 20.4. The molecule has 1 fully saturated rings. The molecule has 0 saturated carbocycles. The van der Waals surface area contributed by atoms with Gasteiger partial charge in [0.25, 0.3) is 0 Å². The molecule has 1 saturated heterocycles. The molecule has 2 heterocycles. The molecule has 1 aromatic heterocycles. The molecule has 1 atom stereocenters. The molecular weight excluding hydrogens is 289 g/mol. The van der Waals surface area contributed by atoms with Gasteiger partial charge in [0.05, 0.1) is 5.54 Å². The average Bonchev–Trinajstić information content (AvgIpc) is 2.81. The first kappa shape index (κ1) is 15.6. The lowest BCUT2D eigenvalue weighted by Crippen LogP contribution is -2.40. The standard InChI is InChI=1S/C12H17F3N4O2/c1-11(2,3)19-10(21)18(7-16-19)8-4-5-17(9(8)20)6-12(13,14)15/h7-8H,4-6H2,1-3H3/t8-/m1/s1. The molecule has 0 aromatic carbocycles. The van der Waals surface area contributed by atoms with Gasteiger partial charge in [-0.05, 0) is 27.2 Å². The Morgan fingerprint density at radius 2 is 1.90 bits per heavy atom. The van der Waals surface area contributed by atoms with Crippen molar-refractivity contribution in [3.05, 3.63) is 16.8 Å². The summed E-state index contributed by atoms with van der Waals surface area (Å²) in [5.74, 6) is -0.692. The number of likely N-dealkylation sites (tertiary alicyclic amines) is 1. The van der Waals surface area contributed by atoms with Gasteiger partial charge in [0.15, 0.2) is 0 Å². The number of nitrogens with zero attached hydrogens (tertiary/aromatic N) is 4. The van der Waals surface area contributed by atoms with E-state index in [1.54, 1.807) is 20.8 Å². The Balaban J connectivity index is 2.24. The number of carbonyl (C=O) groups excluding carboxylic acids is 1. The highest BCUT2D eigenvalue weighted by atomic mass is 19.4. The molecule has 0 bridgehead atoms. The first-order chi connectivity index (χ1) is 9.50. The molecule has 118 valence electrons. The van der Waals surface area contributed by atoms with Gasteiger partial charge in [0.2, 0.25) is 5.91 Å². The predicted molar refractivity (Wildman–Crippen MR) is 67.8 cm³/mol. The van der Waals surface area contributed by atoms with Crippen LogP contribution in [0.1, 0.15) is 33.2 Å². The zero-order valence-corrected chi connectivity index (χ0v) is 12.0. The van der Waals surface area contributed by atoms with E-state index in [4.69, 9.17) is 0 Å². The largest absolute Gasteiger partial charge is 0.406 e. The van der Waals surface area contributed by atoms with E-state index in [-0.39, 0.29) is 13.0 Å². The summed E-state index contributed by atoms with van der Waals surface area (Å²) in [7, 11) is 0. The van der Waals surface area contributed by atoms with Crippen LogP contribution >= 0.6 is 0 Å². The Kier molecular flexibility index (Phi) is 3.63. The summed E-state index contributed by atoms with van der Waals surface area (Å²) in [6.07, 6.45) is -3.05. The fraction of sp³-hybridized carbons (Fsp3) is 0.750. The maximum atomic E-state index is 12.4. The fourth-order valence-electron chi connectivity index (χ4n) is 2.34. The van der Waals surface area contributed by atoms with Crippen LogP contribution in [0.3, 0.4) is 0 Å². The van der Waals surface area contributed by atoms with Crippen molar-refractivity contribution in [1.29, 1.82) is 0 Å². The van der Waals surface area contributed by atoms with Crippen molar-refractivity contribution in [1.82, 2.24) is 19.2 Å². The molecule has 21 heavy (non-hydrogen) atoms. The van der Waals surface area contributed by atoms with E-state index in [9.17, 15) is 22.8 Å². The molecule has 0 aliphatic carbocycles. The molecule has 1 aliphatic rings. The predicted octanol–water partition coefficient (Wildman–Crippen LogP) is 1.14. The minimum Gasteiger partial charge on any atom is -0.332 e. The number of alkyl halides is 3. The minimum atomic E-state index is -4.44. The van der Waals surface area contributed by atoms with Crippen molar-refractivity contribution in [2.24, 2.45) is 0 Å². The van der Waals surface area contributed by atoms with E-state index in [2.05, 4.69) is 5.10 Å². The molecule has 0 unspecified atom stereocenters. The third-order valence-electron chi connectivity index (χ3n) is 3.30. The Morgan fingerprint density at radius 1 is 1.29 bits per heavy atom. The van der Waals surface area contributed by atoms with Crippen molar-refractivity contribution in [2.75, 3.05) is 13.1 Å². The van der Waals surface area contributed by atoms with Crippen LogP contribution in [0.4, 0.5) is 13.2 Å². The number of carbonyl (C=O) groups is 1. The monoisotopic (exact) mass is 306 g/mol. The van der Waals surface area contributed by atoms with Crippen LogP contribution in [0, 0.1) is 0 Å². The van der Waals surface area contributed by atoms with Crippen LogP contribution in [0.2, 0.25) is 0 Å². The van der Waals surface area contributed by atoms with Gasteiger partial charge in [-0.25, -0.2) is 9.48 Å². The van der Waals surface area contributed by atoms with Crippen LogP contribution in [0.25, 0.3) is 0 Å². The van der Waals surface area contributed by atoms with Crippen LogP contribution < -0.4 is 5.69 Å². The zero-order valence-electron chi connectivity index (χ0n) is 12.0. The van der Waals surface area contributed by atoms with E-state index in [0.717, 1.165) is 9.47 Å². The minimum absolute atomic E-state index is 0.0177. The number of halogens is 3. The van der Waals surface area contributed by atoms with Gasteiger partial charge in [0, 0.05) is 6.54 Å². The summed E-state index contributed by atoms with van der Waals surface area (Å²) >= 11 is 0. The molecule has 1 aromatic rings. The highest BCUT2D eigenvalue weighted by Crippen LogP contribution is 2.26. The summed E-state index contributed by atoms with van der Waals surface area (Å²) in [5, 5.41) is 3.94. The Bertz CT molecular complexity index is 597. The van der Waals surface area contributed by atoms with Crippen LogP contribution in [-0.2, 0) is 10.3 Å². The van der Waals surface area contributed by atoms with E-state index in [0.29, 0.717) is 0 Å². The molecule has 1 amide bonds. The zero-order chi connectivity index (χ0) is 16.0. The maximum Gasteiger partial charge on any atom is 0.406 e. The summed E-state index contributed by atoms with van der Waals surface area (Å²) in [6, 6.07) is -0.907. The topological polar surface area (TPSA) is 60.1 Å². The summed E-state index contributed by atoms with van der Waals surface area (Å²) in [4.78, 5) is 25.0. The second-order valence-electron chi connectivity index (χ2n) is 6.08. The van der Waals surface area contributed by atoms with Crippen molar-refractivity contribution >= 4 is 5.91 Å². The number of rotatable bonds is 2. The lowest BCUT2D eigenvalue weighted by Gasteiger charge is -2.19. The van der Waals surface area contributed by atoms with Gasteiger partial charge in [0.1, 0.15) is 18.9 Å². The van der Waals surface area contributed by atoms with E-state index in [1.807, 2.05) is 0 Å². The molecule has 2 rings (SSSR count). The van der Waals surface area contributed by atoms with Gasteiger partial charge >= 0.3 is 11.9 Å². The first-order valence-corrected chi connectivity index (χ1v) is 6.53. The second kappa shape index (κ2) is 4.88. The molecule has 0 radical (unpaired) electrons. The summed E-state index contributed by atoms with van der Waals surface area (Å²) < 4.78 is 39.4. The van der Waals surface area contributed by atoms with Gasteiger partial charge in [-0.15, -0.1) is 0 Å². The molecule has 6 nitrogen and oxygen atoms in total. The van der Waals surface area contributed by atoms with E-state index in [1.165, 1.54) is 11.0 Å². The van der Waals surface area contributed by atoms with Crippen molar-refractivity contribution in [3.63, 3.8) is 0 Å². The molecule has 1 aliphatic heterocycles. The molecule has 0 N–H and O–H groups in total. The number of hydrogen-bond donors (Lipinski definition) is 0. The summed E-state index contributed by atoms with van der Waals surface area (Å²) in [5.41, 5.74) is -1.05. The first-order valence-electron chi connectivity index (χ1n) is 6.53. The lowest BCUT2D eigenvalue weighted by atomic mass is 10.1. The quantitative estimate of drug-likeness (QED) is 0.823. The third-order valence-corrected chi connectivity index (χ3v) is 3.30. The molecular formula is C12H17F3N4O2. The number of hydrogen-bond acceptors (Lipinski definition) is 3. The Hall–Kier alpha value is -1.80. The lowest BCUT2D eigenvalue weighted by molar-refractivity contribution is -0.158. The van der Waals surface area contributed by atoms with Crippen molar-refractivity contribution < 1.29 is 18.0 Å². The fourth-order valence-corrected chi connectivity index (χ4v) is 2.34. The van der Waals surface area contributed by atoms with Gasteiger partial charge in [-0.1, -0.05) is 0 Å². The molecule has 9 heteroatoms. The summed E-state index contributed by atoms with van der Waals surface area (Å²) in [6.45, 7) is 4.02. The smallest absolute Gasteiger partial charge is 0.332 e. The van der Waals surface area contributed by atoms with Crippen LogP contribution in [0.15, 0.2) is 11.1 Å². The highest BCUT2D eigenvalue weighted by molar-refractivity contribution is 5.82. The average molecular weight is 306 g/mol. The highest BCUT2D eigenvalue weighted by Gasteiger charge is 2.41. The van der Waals surface area contributed by atoms with E-state index < -0.39 is 35.9 Å². The Labute approximate surface area is 119 Å². The van der Waals surface area contributed by atoms with Crippen LogP contribution in [0.5, 0.6) is 0 Å². The third kappa shape index (κ3) is 3.11. The van der Waals surface area contributed by atoms with Crippen LogP contribution in [-0.4, -0.2) is 44.4 Å². The van der Waals surface area contributed by atoms with Crippen molar-refractivity contribution in [2.45, 2.75) is 44.9 Å². The number of aromatic nitrogens is 3.